The monoisotopic (exact) mass is 283 g/mol. The van der Waals surface area contributed by atoms with Gasteiger partial charge in [0.2, 0.25) is 0 Å². The van der Waals surface area contributed by atoms with Crippen LogP contribution in [0, 0.1) is 6.92 Å². The zero-order valence-corrected chi connectivity index (χ0v) is 12.2. The molecule has 3 heteroatoms. The molecule has 2 nitrogen and oxygen atoms in total. The van der Waals surface area contributed by atoms with E-state index in [1.807, 2.05) is 25.1 Å². The molecular formula is C17H17NOS. The van der Waals surface area contributed by atoms with Crippen LogP contribution in [0.3, 0.4) is 0 Å². The molecule has 2 heterocycles. The summed E-state index contributed by atoms with van der Waals surface area (Å²) >= 11 is 1.77. The molecule has 2 aromatic heterocycles. The third kappa shape index (κ3) is 3.00. The Balaban J connectivity index is 1.80. The number of furan rings is 1. The molecule has 0 aliphatic carbocycles. The summed E-state index contributed by atoms with van der Waals surface area (Å²) in [5, 5.41) is 5.70. The van der Waals surface area contributed by atoms with Gasteiger partial charge in [-0.1, -0.05) is 36.4 Å². The van der Waals surface area contributed by atoms with Gasteiger partial charge in [-0.3, -0.25) is 5.32 Å². The Bertz CT molecular complexity index is 643. The predicted molar refractivity (Wildman–Crippen MR) is 82.9 cm³/mol. The van der Waals surface area contributed by atoms with E-state index in [1.165, 1.54) is 10.4 Å². The summed E-state index contributed by atoms with van der Waals surface area (Å²) in [6, 6.07) is 19.0. The third-order valence-corrected chi connectivity index (χ3v) is 4.17. The second-order valence-electron chi connectivity index (χ2n) is 4.75. The van der Waals surface area contributed by atoms with E-state index >= 15 is 0 Å². The average molecular weight is 283 g/mol. The van der Waals surface area contributed by atoms with Gasteiger partial charge in [-0.25, -0.2) is 0 Å². The fourth-order valence-electron chi connectivity index (χ4n) is 2.27. The Kier molecular flexibility index (Phi) is 4.00. The molecule has 1 unspecified atom stereocenters. The smallest absolute Gasteiger partial charge is 0.117 e. The maximum absolute atomic E-state index is 5.63. The third-order valence-electron chi connectivity index (χ3n) is 3.24. The van der Waals surface area contributed by atoms with Crippen molar-refractivity contribution >= 4 is 11.3 Å². The molecule has 20 heavy (non-hydrogen) atoms. The summed E-state index contributed by atoms with van der Waals surface area (Å²) in [5.41, 5.74) is 1.28. The Hall–Kier alpha value is -1.84. The highest BCUT2D eigenvalue weighted by Gasteiger charge is 2.14. The zero-order valence-electron chi connectivity index (χ0n) is 11.4. The maximum atomic E-state index is 5.63. The van der Waals surface area contributed by atoms with Crippen LogP contribution in [0.2, 0.25) is 0 Å². The van der Waals surface area contributed by atoms with Crippen molar-refractivity contribution in [2.45, 2.75) is 19.5 Å². The van der Waals surface area contributed by atoms with E-state index in [0.29, 0.717) is 0 Å². The van der Waals surface area contributed by atoms with Crippen LogP contribution in [0.4, 0.5) is 0 Å². The van der Waals surface area contributed by atoms with E-state index in [1.54, 1.807) is 11.3 Å². The van der Waals surface area contributed by atoms with Gasteiger partial charge in [-0.2, -0.15) is 0 Å². The lowest BCUT2D eigenvalue weighted by molar-refractivity contribution is 0.451. The summed E-state index contributed by atoms with van der Waals surface area (Å²) in [7, 11) is 0. The first-order valence-corrected chi connectivity index (χ1v) is 7.58. The van der Waals surface area contributed by atoms with Crippen molar-refractivity contribution in [2.24, 2.45) is 0 Å². The van der Waals surface area contributed by atoms with Gasteiger partial charge in [-0.15, -0.1) is 11.3 Å². The van der Waals surface area contributed by atoms with Gasteiger partial charge >= 0.3 is 0 Å². The minimum Gasteiger partial charge on any atom is -0.465 e. The van der Waals surface area contributed by atoms with Crippen LogP contribution in [0.1, 0.15) is 28.0 Å². The van der Waals surface area contributed by atoms with Crippen LogP contribution in [-0.2, 0) is 6.54 Å². The maximum Gasteiger partial charge on any atom is 0.117 e. The molecule has 0 radical (unpaired) electrons. The Morgan fingerprint density at radius 2 is 1.90 bits per heavy atom. The fourth-order valence-corrected chi connectivity index (χ4v) is 3.09. The number of nitrogens with one attached hydrogen (secondary N) is 1. The van der Waals surface area contributed by atoms with Crippen molar-refractivity contribution in [2.75, 3.05) is 0 Å². The second kappa shape index (κ2) is 6.07. The van der Waals surface area contributed by atoms with E-state index in [0.717, 1.165) is 18.1 Å². The molecule has 102 valence electrons. The van der Waals surface area contributed by atoms with Crippen LogP contribution in [0.25, 0.3) is 0 Å². The molecule has 0 saturated heterocycles. The van der Waals surface area contributed by atoms with E-state index in [2.05, 4.69) is 47.1 Å². The molecule has 0 aliphatic rings. The van der Waals surface area contributed by atoms with Crippen LogP contribution >= 0.6 is 11.3 Å². The molecule has 0 amide bonds. The molecule has 0 bridgehead atoms. The normalized spacial score (nSPS) is 12.4. The van der Waals surface area contributed by atoms with Crippen LogP contribution < -0.4 is 5.32 Å². The highest BCUT2D eigenvalue weighted by atomic mass is 32.1. The van der Waals surface area contributed by atoms with Crippen molar-refractivity contribution in [3.8, 4) is 0 Å². The van der Waals surface area contributed by atoms with Gasteiger partial charge in [0.25, 0.3) is 0 Å². The highest BCUT2D eigenvalue weighted by Crippen LogP contribution is 2.26. The summed E-state index contributed by atoms with van der Waals surface area (Å²) < 4.78 is 5.63. The summed E-state index contributed by atoms with van der Waals surface area (Å²) in [4.78, 5) is 1.32. The van der Waals surface area contributed by atoms with Gasteiger partial charge in [0.05, 0.1) is 12.6 Å². The van der Waals surface area contributed by atoms with Crippen molar-refractivity contribution < 1.29 is 4.42 Å². The van der Waals surface area contributed by atoms with E-state index in [-0.39, 0.29) is 6.04 Å². The number of benzene rings is 1. The number of rotatable bonds is 5. The van der Waals surface area contributed by atoms with E-state index in [4.69, 9.17) is 4.42 Å². The minimum absolute atomic E-state index is 0.210. The number of hydrogen-bond acceptors (Lipinski definition) is 3. The predicted octanol–water partition coefficient (Wildman–Crippen LogP) is 4.53. The minimum atomic E-state index is 0.210. The Labute approximate surface area is 123 Å². The van der Waals surface area contributed by atoms with Gasteiger partial charge in [-0.05, 0) is 36.1 Å². The SMILES string of the molecule is Cc1ccc(CNC(c2ccccc2)c2cccs2)o1. The molecule has 1 atom stereocenters. The molecule has 1 N–H and O–H groups in total. The Morgan fingerprint density at radius 3 is 2.55 bits per heavy atom. The second-order valence-corrected chi connectivity index (χ2v) is 5.73. The average Bonchev–Trinajstić information content (AvgIpc) is 3.12. The van der Waals surface area contributed by atoms with Crippen LogP contribution in [-0.4, -0.2) is 0 Å². The zero-order chi connectivity index (χ0) is 13.8. The molecule has 0 aliphatic heterocycles. The van der Waals surface area contributed by atoms with Gasteiger partial charge < -0.3 is 4.42 Å². The number of hydrogen-bond donors (Lipinski definition) is 1. The van der Waals surface area contributed by atoms with Crippen LogP contribution in [0.5, 0.6) is 0 Å². The quantitative estimate of drug-likeness (QED) is 0.744. The largest absolute Gasteiger partial charge is 0.465 e. The molecule has 0 saturated carbocycles. The lowest BCUT2D eigenvalue weighted by Gasteiger charge is -2.17. The first-order chi connectivity index (χ1) is 9.83. The molecular weight excluding hydrogens is 266 g/mol. The van der Waals surface area contributed by atoms with Crippen molar-refractivity contribution in [3.63, 3.8) is 0 Å². The van der Waals surface area contributed by atoms with Gasteiger partial charge in [0.15, 0.2) is 0 Å². The molecule has 1 aromatic carbocycles. The topological polar surface area (TPSA) is 25.2 Å². The molecule has 3 rings (SSSR count). The lowest BCUT2D eigenvalue weighted by atomic mass is 10.1. The van der Waals surface area contributed by atoms with Gasteiger partial charge in [0, 0.05) is 4.88 Å². The number of aryl methyl sites for hydroxylation is 1. The molecule has 0 spiro atoms. The van der Waals surface area contributed by atoms with Crippen molar-refractivity contribution in [1.82, 2.24) is 5.32 Å². The number of thiophene rings is 1. The summed E-state index contributed by atoms with van der Waals surface area (Å²) in [6.45, 7) is 2.70. The van der Waals surface area contributed by atoms with E-state index in [9.17, 15) is 0 Å². The first kappa shape index (κ1) is 13.2. The summed E-state index contributed by atoms with van der Waals surface area (Å²) in [5.74, 6) is 1.93. The summed E-state index contributed by atoms with van der Waals surface area (Å²) in [6.07, 6.45) is 0. The standard InChI is InChI=1S/C17H17NOS/c1-13-9-10-15(19-13)12-18-17(16-8-5-11-20-16)14-6-3-2-4-7-14/h2-11,17-18H,12H2,1H3. The Morgan fingerprint density at radius 1 is 1.05 bits per heavy atom. The fraction of sp³-hybridized carbons (Fsp3) is 0.176. The van der Waals surface area contributed by atoms with Crippen LogP contribution in [0.15, 0.2) is 64.4 Å². The van der Waals surface area contributed by atoms with Gasteiger partial charge in [0.1, 0.15) is 11.5 Å². The van der Waals surface area contributed by atoms with Crippen molar-refractivity contribution in [1.29, 1.82) is 0 Å². The highest BCUT2D eigenvalue weighted by molar-refractivity contribution is 7.10. The van der Waals surface area contributed by atoms with Crippen molar-refractivity contribution in [3.05, 3.63) is 81.9 Å². The molecule has 0 fully saturated rings. The van der Waals surface area contributed by atoms with E-state index < -0.39 is 0 Å². The first-order valence-electron chi connectivity index (χ1n) is 6.70. The molecule has 3 aromatic rings. The lowest BCUT2D eigenvalue weighted by Crippen LogP contribution is -2.20.